The maximum atomic E-state index is 13.0. The summed E-state index contributed by atoms with van der Waals surface area (Å²) in [6.07, 6.45) is 0. The lowest BCUT2D eigenvalue weighted by molar-refractivity contribution is -0.168. The molecule has 0 saturated carbocycles. The van der Waals surface area contributed by atoms with E-state index in [1.54, 1.807) is 0 Å². The summed E-state index contributed by atoms with van der Waals surface area (Å²) in [5.74, 6) is 0.629. The summed E-state index contributed by atoms with van der Waals surface area (Å²) in [7, 11) is 0. The Labute approximate surface area is 156 Å². The van der Waals surface area contributed by atoms with Crippen molar-refractivity contribution < 1.29 is 9.53 Å². The quantitative estimate of drug-likeness (QED) is 0.624. The molecule has 2 aromatic rings. The van der Waals surface area contributed by atoms with Crippen molar-refractivity contribution in [2.45, 2.75) is 47.0 Å². The van der Waals surface area contributed by atoms with Crippen molar-refractivity contribution in [3.8, 4) is 0 Å². The number of esters is 1. The summed E-state index contributed by atoms with van der Waals surface area (Å²) in [6.45, 7) is 12.9. The molecule has 1 aliphatic heterocycles. The van der Waals surface area contributed by atoms with Crippen molar-refractivity contribution in [2.24, 2.45) is 10.8 Å². The Morgan fingerprint density at radius 3 is 1.73 bits per heavy atom. The number of carbonyl (C=O) groups is 1. The van der Waals surface area contributed by atoms with Crippen LogP contribution in [-0.4, -0.2) is 5.97 Å². The molecule has 0 bridgehead atoms. The highest BCUT2D eigenvalue weighted by atomic mass is 16.6. The standard InChI is InChI=1S/C24H28O2/c1-22(2,3)19(17-13-9-7-10-14-17)20-24(21(25)26-20,23(4,5)6)18-15-11-8-12-16-18/h7-16H,1-6H3/b20-19+. The van der Waals surface area contributed by atoms with Gasteiger partial charge in [-0.2, -0.15) is 0 Å². The monoisotopic (exact) mass is 348 g/mol. The minimum Gasteiger partial charge on any atom is -0.428 e. The van der Waals surface area contributed by atoms with Crippen molar-refractivity contribution in [1.82, 2.24) is 0 Å². The highest BCUT2D eigenvalue weighted by Gasteiger charge is 2.64. The van der Waals surface area contributed by atoms with Gasteiger partial charge in [0.05, 0.1) is 0 Å². The molecule has 1 saturated heterocycles. The van der Waals surface area contributed by atoms with Crippen molar-refractivity contribution in [3.63, 3.8) is 0 Å². The first kappa shape index (κ1) is 18.4. The van der Waals surface area contributed by atoms with E-state index in [4.69, 9.17) is 4.74 Å². The van der Waals surface area contributed by atoms with Crippen LogP contribution in [0.1, 0.15) is 52.7 Å². The number of rotatable bonds is 2. The van der Waals surface area contributed by atoms with Crippen molar-refractivity contribution in [2.75, 3.05) is 0 Å². The van der Waals surface area contributed by atoms with Gasteiger partial charge in [-0.05, 0) is 22.0 Å². The summed E-state index contributed by atoms with van der Waals surface area (Å²) in [5, 5.41) is 0. The number of carbonyl (C=O) groups excluding carboxylic acids is 1. The Balaban J connectivity index is 2.38. The van der Waals surface area contributed by atoms with Crippen LogP contribution in [-0.2, 0) is 14.9 Å². The van der Waals surface area contributed by atoms with Crippen LogP contribution in [0.4, 0.5) is 0 Å². The summed E-state index contributed by atoms with van der Waals surface area (Å²) < 4.78 is 5.82. The molecule has 2 heteroatoms. The molecule has 0 spiro atoms. The van der Waals surface area contributed by atoms with Gasteiger partial charge in [-0.3, -0.25) is 4.79 Å². The van der Waals surface area contributed by atoms with E-state index in [1.807, 2.05) is 48.5 Å². The Kier molecular flexibility index (Phi) is 4.34. The third kappa shape index (κ3) is 2.68. The number of hydrogen-bond donors (Lipinski definition) is 0. The second-order valence-electron chi connectivity index (χ2n) is 9.08. The fraction of sp³-hybridized carbons (Fsp3) is 0.375. The summed E-state index contributed by atoms with van der Waals surface area (Å²) in [5.41, 5.74) is 1.94. The average Bonchev–Trinajstić information content (AvgIpc) is 2.54. The first-order valence-electron chi connectivity index (χ1n) is 9.18. The van der Waals surface area contributed by atoms with E-state index in [1.165, 1.54) is 0 Å². The van der Waals surface area contributed by atoms with Gasteiger partial charge in [-0.1, -0.05) is 102 Å². The van der Waals surface area contributed by atoms with Crippen LogP contribution in [0.5, 0.6) is 0 Å². The second kappa shape index (κ2) is 6.12. The van der Waals surface area contributed by atoms with E-state index < -0.39 is 5.41 Å². The summed E-state index contributed by atoms with van der Waals surface area (Å²) >= 11 is 0. The SMILES string of the molecule is CC(C)(C)/C(=C1/OC(=O)C1(c1ccccc1)C(C)(C)C)c1ccccc1. The molecule has 26 heavy (non-hydrogen) atoms. The van der Waals surface area contributed by atoms with Crippen LogP contribution in [0.15, 0.2) is 66.4 Å². The first-order valence-corrected chi connectivity index (χ1v) is 9.18. The number of allylic oxidation sites excluding steroid dienone is 1. The van der Waals surface area contributed by atoms with Crippen molar-refractivity contribution >= 4 is 11.5 Å². The maximum absolute atomic E-state index is 13.0. The molecule has 0 N–H and O–H groups in total. The molecule has 1 fully saturated rings. The number of hydrogen-bond acceptors (Lipinski definition) is 2. The van der Waals surface area contributed by atoms with Gasteiger partial charge in [-0.15, -0.1) is 0 Å². The van der Waals surface area contributed by atoms with E-state index in [0.717, 1.165) is 22.5 Å². The molecule has 1 heterocycles. The third-order valence-corrected chi connectivity index (χ3v) is 5.21. The van der Waals surface area contributed by atoms with E-state index in [9.17, 15) is 4.79 Å². The van der Waals surface area contributed by atoms with Crippen LogP contribution in [0.25, 0.3) is 5.57 Å². The molecule has 1 aliphatic rings. The normalized spacial score (nSPS) is 22.5. The van der Waals surface area contributed by atoms with Gasteiger partial charge in [0.1, 0.15) is 5.76 Å². The van der Waals surface area contributed by atoms with Gasteiger partial charge >= 0.3 is 5.97 Å². The van der Waals surface area contributed by atoms with E-state index in [2.05, 4.69) is 53.7 Å². The lowest BCUT2D eigenvalue weighted by Gasteiger charge is -2.52. The topological polar surface area (TPSA) is 26.3 Å². The molecule has 1 atom stereocenters. The van der Waals surface area contributed by atoms with Gasteiger partial charge in [0.2, 0.25) is 0 Å². The Bertz CT molecular complexity index is 833. The van der Waals surface area contributed by atoms with Gasteiger partial charge < -0.3 is 4.74 Å². The minimum atomic E-state index is -0.771. The predicted octanol–water partition coefficient (Wildman–Crippen LogP) is 5.98. The number of cyclic esters (lactones) is 1. The molecule has 2 nitrogen and oxygen atoms in total. The van der Waals surface area contributed by atoms with Crippen molar-refractivity contribution in [3.05, 3.63) is 77.5 Å². The molecule has 1 unspecified atom stereocenters. The fourth-order valence-corrected chi connectivity index (χ4v) is 4.06. The molecule has 0 aliphatic carbocycles. The van der Waals surface area contributed by atoms with E-state index in [-0.39, 0.29) is 16.8 Å². The zero-order valence-corrected chi connectivity index (χ0v) is 16.6. The summed E-state index contributed by atoms with van der Waals surface area (Å²) in [4.78, 5) is 13.0. The molecule has 2 aromatic carbocycles. The molecule has 3 rings (SSSR count). The molecule has 136 valence electrons. The highest BCUT2D eigenvalue weighted by molar-refractivity contribution is 5.99. The van der Waals surface area contributed by atoms with E-state index >= 15 is 0 Å². The lowest BCUT2D eigenvalue weighted by atomic mass is 9.56. The van der Waals surface area contributed by atoms with Crippen LogP contribution >= 0.6 is 0 Å². The second-order valence-corrected chi connectivity index (χ2v) is 9.08. The number of benzene rings is 2. The van der Waals surface area contributed by atoms with Crippen LogP contribution in [0, 0.1) is 10.8 Å². The maximum Gasteiger partial charge on any atom is 0.330 e. The fourth-order valence-electron chi connectivity index (χ4n) is 4.06. The lowest BCUT2D eigenvalue weighted by Crippen LogP contribution is -2.59. The van der Waals surface area contributed by atoms with Gasteiger partial charge in [0, 0.05) is 5.57 Å². The Morgan fingerprint density at radius 2 is 1.31 bits per heavy atom. The van der Waals surface area contributed by atoms with Crippen LogP contribution in [0.3, 0.4) is 0 Å². The minimum absolute atomic E-state index is 0.163. The zero-order chi connectivity index (χ0) is 19.2. The molecule has 0 radical (unpaired) electrons. The van der Waals surface area contributed by atoms with E-state index in [0.29, 0.717) is 0 Å². The van der Waals surface area contributed by atoms with Gasteiger partial charge in [-0.25, -0.2) is 0 Å². The predicted molar refractivity (Wildman–Crippen MR) is 106 cm³/mol. The zero-order valence-electron chi connectivity index (χ0n) is 16.6. The smallest absolute Gasteiger partial charge is 0.330 e. The van der Waals surface area contributed by atoms with Crippen LogP contribution in [0.2, 0.25) is 0 Å². The van der Waals surface area contributed by atoms with Crippen molar-refractivity contribution in [1.29, 1.82) is 0 Å². The largest absolute Gasteiger partial charge is 0.428 e. The molecule has 0 aromatic heterocycles. The molecular formula is C24H28O2. The number of ether oxygens (including phenoxy) is 1. The Morgan fingerprint density at radius 1 is 0.808 bits per heavy atom. The average molecular weight is 348 g/mol. The van der Waals surface area contributed by atoms with Gasteiger partial charge in [0.25, 0.3) is 0 Å². The van der Waals surface area contributed by atoms with Crippen LogP contribution < -0.4 is 0 Å². The highest BCUT2D eigenvalue weighted by Crippen LogP contribution is 2.58. The van der Waals surface area contributed by atoms with Gasteiger partial charge in [0.15, 0.2) is 5.41 Å². The summed E-state index contributed by atoms with van der Waals surface area (Å²) in [6, 6.07) is 20.3. The first-order chi connectivity index (χ1) is 12.1. The third-order valence-electron chi connectivity index (χ3n) is 5.21. The Hall–Kier alpha value is -2.35. The molecular weight excluding hydrogens is 320 g/mol. The molecule has 0 amide bonds.